The predicted octanol–water partition coefficient (Wildman–Crippen LogP) is 5.13. The van der Waals surface area contributed by atoms with E-state index >= 15 is 0 Å². The summed E-state index contributed by atoms with van der Waals surface area (Å²) < 4.78 is 15.1. The lowest BCUT2D eigenvalue weighted by atomic mass is 10.2. The van der Waals surface area contributed by atoms with Crippen molar-refractivity contribution in [3.63, 3.8) is 0 Å². The molecule has 0 fully saturated rings. The third-order valence-corrected chi connectivity index (χ3v) is 5.95. The third-order valence-electron chi connectivity index (χ3n) is 5.04. The van der Waals surface area contributed by atoms with Crippen LogP contribution in [0.25, 0.3) is 17.1 Å². The lowest BCUT2D eigenvalue weighted by molar-refractivity contribution is -0.127. The van der Waals surface area contributed by atoms with Crippen molar-refractivity contribution in [3.05, 3.63) is 95.8 Å². The Labute approximate surface area is 190 Å². The Morgan fingerprint density at radius 1 is 0.969 bits per heavy atom. The van der Waals surface area contributed by atoms with Crippen molar-refractivity contribution in [3.8, 4) is 17.1 Å². The van der Waals surface area contributed by atoms with E-state index in [1.54, 1.807) is 24.1 Å². The maximum Gasteiger partial charge on any atom is 0.233 e. The molecular weight excluding hydrogens is 423 g/mol. The van der Waals surface area contributed by atoms with Gasteiger partial charge in [0.1, 0.15) is 5.82 Å². The van der Waals surface area contributed by atoms with Gasteiger partial charge in [-0.3, -0.25) is 9.36 Å². The fraction of sp³-hybridized carbons (Fsp3) is 0.160. The van der Waals surface area contributed by atoms with Crippen molar-refractivity contribution >= 4 is 17.7 Å². The van der Waals surface area contributed by atoms with Crippen LogP contribution in [0.3, 0.4) is 0 Å². The van der Waals surface area contributed by atoms with Gasteiger partial charge in [0, 0.05) is 24.8 Å². The van der Waals surface area contributed by atoms with E-state index in [1.165, 1.54) is 23.9 Å². The van der Waals surface area contributed by atoms with E-state index in [9.17, 15) is 9.18 Å². The van der Waals surface area contributed by atoms with E-state index in [-0.39, 0.29) is 17.5 Å². The molecule has 0 saturated carbocycles. The van der Waals surface area contributed by atoms with Gasteiger partial charge in [0.25, 0.3) is 0 Å². The third kappa shape index (κ3) is 5.06. The van der Waals surface area contributed by atoms with Crippen LogP contribution in [0.15, 0.2) is 84.0 Å². The highest BCUT2D eigenvalue weighted by Crippen LogP contribution is 2.28. The van der Waals surface area contributed by atoms with Crippen molar-refractivity contribution in [1.82, 2.24) is 19.7 Å². The fourth-order valence-corrected chi connectivity index (χ4v) is 4.15. The Morgan fingerprint density at radius 2 is 1.66 bits per heavy atom. The maximum absolute atomic E-state index is 13.1. The lowest BCUT2D eigenvalue weighted by Gasteiger charge is -2.17. The molecule has 7 heteroatoms. The summed E-state index contributed by atoms with van der Waals surface area (Å²) in [5.41, 5.74) is 3.93. The molecule has 0 radical (unpaired) electrons. The number of nitrogens with zero attached hydrogens (tertiary/aromatic N) is 4. The molecule has 0 aliphatic rings. The highest BCUT2D eigenvalue weighted by atomic mass is 32.2. The zero-order valence-electron chi connectivity index (χ0n) is 17.9. The van der Waals surface area contributed by atoms with E-state index in [0.717, 1.165) is 28.2 Å². The number of carbonyl (C=O) groups excluding carboxylic acids is 1. The zero-order chi connectivity index (χ0) is 22.5. The minimum atomic E-state index is -0.289. The Morgan fingerprint density at radius 3 is 2.34 bits per heavy atom. The number of halogens is 1. The molecule has 0 aliphatic carbocycles. The van der Waals surface area contributed by atoms with Crippen LogP contribution >= 0.6 is 11.8 Å². The van der Waals surface area contributed by atoms with E-state index < -0.39 is 0 Å². The molecule has 0 aliphatic heterocycles. The zero-order valence-corrected chi connectivity index (χ0v) is 18.7. The first kappa shape index (κ1) is 21.8. The first-order valence-corrected chi connectivity index (χ1v) is 11.2. The largest absolute Gasteiger partial charge is 0.341 e. The summed E-state index contributed by atoms with van der Waals surface area (Å²) in [7, 11) is 1.74. The molecule has 0 bridgehead atoms. The van der Waals surface area contributed by atoms with Crippen LogP contribution in [0.4, 0.5) is 4.39 Å². The standard InChI is InChI=1S/C25H23FN4OS/c1-18-8-14-22(15-9-18)30-24(20-6-4-3-5-7-20)27-28-25(30)32-17-23(31)29(2)16-19-10-12-21(26)13-11-19/h3-15H,16-17H2,1-2H3. The molecule has 4 rings (SSSR count). The highest BCUT2D eigenvalue weighted by molar-refractivity contribution is 7.99. The second-order valence-corrected chi connectivity index (χ2v) is 8.45. The van der Waals surface area contributed by atoms with Gasteiger partial charge in [0.05, 0.1) is 5.75 Å². The minimum absolute atomic E-state index is 0.0426. The van der Waals surface area contributed by atoms with E-state index in [1.807, 2.05) is 66.1 Å². The molecule has 1 amide bonds. The van der Waals surface area contributed by atoms with E-state index in [2.05, 4.69) is 10.2 Å². The molecule has 1 heterocycles. The summed E-state index contributed by atoms with van der Waals surface area (Å²) in [4.78, 5) is 14.4. The number of hydrogen-bond donors (Lipinski definition) is 0. The number of thioether (sulfide) groups is 1. The molecule has 32 heavy (non-hydrogen) atoms. The molecule has 3 aromatic carbocycles. The van der Waals surface area contributed by atoms with Gasteiger partial charge in [-0.05, 0) is 36.8 Å². The molecule has 4 aromatic rings. The first-order valence-electron chi connectivity index (χ1n) is 10.2. The second kappa shape index (κ2) is 9.78. The van der Waals surface area contributed by atoms with Crippen molar-refractivity contribution in [2.75, 3.05) is 12.8 Å². The smallest absolute Gasteiger partial charge is 0.233 e. The van der Waals surface area contributed by atoms with Gasteiger partial charge >= 0.3 is 0 Å². The Balaban J connectivity index is 1.54. The molecule has 162 valence electrons. The molecule has 5 nitrogen and oxygen atoms in total. The minimum Gasteiger partial charge on any atom is -0.341 e. The van der Waals surface area contributed by atoms with Crippen LogP contribution < -0.4 is 0 Å². The van der Waals surface area contributed by atoms with Gasteiger partial charge in [-0.25, -0.2) is 4.39 Å². The first-order chi connectivity index (χ1) is 15.5. The number of aromatic nitrogens is 3. The summed E-state index contributed by atoms with van der Waals surface area (Å²) in [6, 6.07) is 24.2. The van der Waals surface area contributed by atoms with Gasteiger partial charge in [0.2, 0.25) is 5.91 Å². The Bertz CT molecular complexity index is 1190. The quantitative estimate of drug-likeness (QED) is 0.369. The molecular formula is C25H23FN4OS. The summed E-state index contributed by atoms with van der Waals surface area (Å²) >= 11 is 1.35. The van der Waals surface area contributed by atoms with Gasteiger partial charge in [0.15, 0.2) is 11.0 Å². The number of hydrogen-bond acceptors (Lipinski definition) is 4. The highest BCUT2D eigenvalue weighted by Gasteiger charge is 2.18. The number of aryl methyl sites for hydroxylation is 1. The van der Waals surface area contributed by atoms with Crippen molar-refractivity contribution < 1.29 is 9.18 Å². The summed E-state index contributed by atoms with van der Waals surface area (Å²) in [6.45, 7) is 2.46. The van der Waals surface area contributed by atoms with Crippen LogP contribution in [-0.4, -0.2) is 38.4 Å². The van der Waals surface area contributed by atoms with Crippen molar-refractivity contribution in [1.29, 1.82) is 0 Å². The fourth-order valence-electron chi connectivity index (χ4n) is 3.25. The van der Waals surface area contributed by atoms with Gasteiger partial charge in [-0.15, -0.1) is 10.2 Å². The Kier molecular flexibility index (Phi) is 6.66. The van der Waals surface area contributed by atoms with Gasteiger partial charge in [-0.1, -0.05) is 71.9 Å². The number of amides is 1. The monoisotopic (exact) mass is 446 g/mol. The summed E-state index contributed by atoms with van der Waals surface area (Å²) in [6.07, 6.45) is 0. The lowest BCUT2D eigenvalue weighted by Crippen LogP contribution is -2.27. The Hall–Kier alpha value is -3.45. The second-order valence-electron chi connectivity index (χ2n) is 7.51. The molecule has 0 saturated heterocycles. The topological polar surface area (TPSA) is 51.0 Å². The van der Waals surface area contributed by atoms with Crippen molar-refractivity contribution in [2.45, 2.75) is 18.6 Å². The van der Waals surface area contributed by atoms with E-state index in [4.69, 9.17) is 0 Å². The predicted molar refractivity (Wildman–Crippen MR) is 125 cm³/mol. The average molecular weight is 447 g/mol. The summed E-state index contributed by atoms with van der Waals surface area (Å²) in [5, 5.41) is 9.44. The van der Waals surface area contributed by atoms with Crippen LogP contribution in [0.1, 0.15) is 11.1 Å². The molecule has 0 spiro atoms. The molecule has 0 N–H and O–H groups in total. The van der Waals surface area contributed by atoms with Crippen LogP contribution in [0, 0.1) is 12.7 Å². The van der Waals surface area contributed by atoms with E-state index in [0.29, 0.717) is 11.7 Å². The number of carbonyl (C=O) groups is 1. The van der Waals surface area contributed by atoms with Gasteiger partial charge in [-0.2, -0.15) is 0 Å². The normalized spacial score (nSPS) is 10.8. The molecule has 0 unspecified atom stereocenters. The number of rotatable bonds is 7. The molecule has 1 aromatic heterocycles. The van der Waals surface area contributed by atoms with Gasteiger partial charge < -0.3 is 4.90 Å². The SMILES string of the molecule is Cc1ccc(-n2c(SCC(=O)N(C)Cc3ccc(F)cc3)nnc2-c2ccccc2)cc1. The summed E-state index contributed by atoms with van der Waals surface area (Å²) in [5.74, 6) is 0.613. The molecule has 0 atom stereocenters. The maximum atomic E-state index is 13.1. The van der Waals surface area contributed by atoms with Crippen LogP contribution in [0.5, 0.6) is 0 Å². The number of benzene rings is 3. The van der Waals surface area contributed by atoms with Crippen LogP contribution in [0.2, 0.25) is 0 Å². The van der Waals surface area contributed by atoms with Crippen LogP contribution in [-0.2, 0) is 11.3 Å². The average Bonchev–Trinajstić information content (AvgIpc) is 3.24. The van der Waals surface area contributed by atoms with Crippen molar-refractivity contribution in [2.24, 2.45) is 0 Å².